The zero-order chi connectivity index (χ0) is 12.0. The topological polar surface area (TPSA) is 17.1 Å². The van der Waals surface area contributed by atoms with Gasteiger partial charge in [-0.3, -0.25) is 0 Å². The van der Waals surface area contributed by atoms with E-state index in [0.29, 0.717) is 5.92 Å². The van der Waals surface area contributed by atoms with Crippen molar-refractivity contribution in [1.29, 1.82) is 0 Å². The van der Waals surface area contributed by atoms with Gasteiger partial charge in [0.2, 0.25) is 0 Å². The minimum atomic E-state index is -0.177. The Labute approximate surface area is 99.3 Å². The molecule has 0 fully saturated rings. The van der Waals surface area contributed by atoms with Crippen molar-refractivity contribution < 1.29 is 4.79 Å². The van der Waals surface area contributed by atoms with E-state index in [1.807, 2.05) is 0 Å². The summed E-state index contributed by atoms with van der Waals surface area (Å²) in [6.45, 7) is 8.95. The van der Waals surface area contributed by atoms with E-state index in [-0.39, 0.29) is 10.8 Å². The highest BCUT2D eigenvalue weighted by Crippen LogP contribution is 2.57. The van der Waals surface area contributed by atoms with Gasteiger partial charge in [-0.05, 0) is 43.4 Å². The zero-order valence-electron chi connectivity index (χ0n) is 11.1. The molecule has 2 atom stereocenters. The number of aldehydes is 1. The predicted octanol–water partition coefficient (Wildman–Crippen LogP) is 4.13. The van der Waals surface area contributed by atoms with Gasteiger partial charge in [0.05, 0.1) is 0 Å². The summed E-state index contributed by atoms with van der Waals surface area (Å²) in [7, 11) is 0. The predicted molar refractivity (Wildman–Crippen MR) is 67.2 cm³/mol. The Morgan fingerprint density at radius 3 is 2.44 bits per heavy atom. The van der Waals surface area contributed by atoms with Crippen LogP contribution in [0.1, 0.15) is 59.8 Å². The molecule has 0 saturated heterocycles. The number of hydrogen-bond acceptors (Lipinski definition) is 1. The van der Waals surface area contributed by atoms with Gasteiger partial charge in [-0.1, -0.05) is 38.8 Å². The fourth-order valence-corrected chi connectivity index (χ4v) is 3.73. The molecule has 0 N–H and O–H groups in total. The van der Waals surface area contributed by atoms with E-state index in [0.717, 1.165) is 6.42 Å². The maximum atomic E-state index is 11.6. The highest BCUT2D eigenvalue weighted by Gasteiger charge is 2.50. The van der Waals surface area contributed by atoms with Gasteiger partial charge in [0.15, 0.2) is 0 Å². The lowest BCUT2D eigenvalue weighted by molar-refractivity contribution is -0.124. The summed E-state index contributed by atoms with van der Waals surface area (Å²) in [5, 5.41) is 0. The normalized spacial score (nSPS) is 38.1. The summed E-state index contributed by atoms with van der Waals surface area (Å²) in [5.41, 5.74) is 3.15. The largest absolute Gasteiger partial charge is 0.303 e. The third-order valence-corrected chi connectivity index (χ3v) is 5.50. The van der Waals surface area contributed by atoms with Gasteiger partial charge in [-0.2, -0.15) is 0 Å². The first kappa shape index (κ1) is 11.9. The van der Waals surface area contributed by atoms with E-state index in [9.17, 15) is 4.79 Å². The van der Waals surface area contributed by atoms with Gasteiger partial charge in [0, 0.05) is 5.41 Å². The standard InChI is InChI=1S/C15H24O/c1-11-9-12-7-5-6-8-13(12)14(2,3)15(11,4)10-16/h10-11H,5-9H2,1-4H3. The van der Waals surface area contributed by atoms with E-state index in [4.69, 9.17) is 0 Å². The number of allylic oxidation sites excluding steroid dienone is 2. The Balaban J connectivity index is 2.50. The van der Waals surface area contributed by atoms with Crippen LogP contribution in [0.25, 0.3) is 0 Å². The van der Waals surface area contributed by atoms with Crippen molar-refractivity contribution in [3.8, 4) is 0 Å². The molecule has 0 aromatic carbocycles. The molecule has 0 heterocycles. The van der Waals surface area contributed by atoms with Gasteiger partial charge in [0.25, 0.3) is 0 Å². The third kappa shape index (κ3) is 1.40. The van der Waals surface area contributed by atoms with E-state index in [2.05, 4.69) is 27.7 Å². The molecule has 1 heteroatoms. The summed E-state index contributed by atoms with van der Waals surface area (Å²) in [6.07, 6.45) is 7.52. The van der Waals surface area contributed by atoms with Crippen LogP contribution in [0.15, 0.2) is 11.1 Å². The molecule has 2 aliphatic carbocycles. The molecule has 2 unspecified atom stereocenters. The van der Waals surface area contributed by atoms with E-state index >= 15 is 0 Å². The summed E-state index contributed by atoms with van der Waals surface area (Å²) < 4.78 is 0. The molecule has 0 aromatic rings. The Morgan fingerprint density at radius 1 is 1.19 bits per heavy atom. The lowest BCUT2D eigenvalue weighted by Gasteiger charge is -2.52. The molecule has 0 spiro atoms. The minimum absolute atomic E-state index is 0.0577. The number of carbonyl (C=O) groups is 1. The third-order valence-electron chi connectivity index (χ3n) is 5.50. The summed E-state index contributed by atoms with van der Waals surface area (Å²) >= 11 is 0. The molecule has 0 aromatic heterocycles. The smallest absolute Gasteiger partial charge is 0.127 e. The van der Waals surface area contributed by atoms with Crippen molar-refractivity contribution in [3.63, 3.8) is 0 Å². The maximum absolute atomic E-state index is 11.6. The van der Waals surface area contributed by atoms with Crippen LogP contribution in [-0.4, -0.2) is 6.29 Å². The Kier molecular flexibility index (Phi) is 2.76. The average molecular weight is 220 g/mol. The maximum Gasteiger partial charge on any atom is 0.127 e. The molecule has 90 valence electrons. The minimum Gasteiger partial charge on any atom is -0.303 e. The van der Waals surface area contributed by atoms with E-state index in [1.165, 1.54) is 32.0 Å². The molecular weight excluding hydrogens is 196 g/mol. The Hall–Kier alpha value is -0.590. The van der Waals surface area contributed by atoms with Crippen molar-refractivity contribution in [2.75, 3.05) is 0 Å². The van der Waals surface area contributed by atoms with Gasteiger partial charge in [0.1, 0.15) is 6.29 Å². The van der Waals surface area contributed by atoms with Crippen LogP contribution in [0.4, 0.5) is 0 Å². The van der Waals surface area contributed by atoms with Gasteiger partial charge in [-0.25, -0.2) is 0 Å². The van der Waals surface area contributed by atoms with Crippen molar-refractivity contribution in [2.45, 2.75) is 59.8 Å². The summed E-state index contributed by atoms with van der Waals surface area (Å²) in [4.78, 5) is 11.6. The zero-order valence-corrected chi connectivity index (χ0v) is 11.1. The number of rotatable bonds is 1. The first-order chi connectivity index (χ1) is 7.43. The molecule has 0 aliphatic heterocycles. The molecule has 0 saturated carbocycles. The number of carbonyl (C=O) groups excluding carboxylic acids is 1. The quantitative estimate of drug-likeness (QED) is 0.479. The van der Waals surface area contributed by atoms with E-state index in [1.54, 1.807) is 11.1 Å². The summed E-state index contributed by atoms with van der Waals surface area (Å²) in [6, 6.07) is 0. The first-order valence-corrected chi connectivity index (χ1v) is 6.61. The SMILES string of the molecule is CC1CC2=C(CCCC2)C(C)(C)C1(C)C=O. The van der Waals surface area contributed by atoms with Gasteiger partial charge in [-0.15, -0.1) is 0 Å². The number of hydrogen-bond donors (Lipinski definition) is 0. The molecule has 0 radical (unpaired) electrons. The van der Waals surface area contributed by atoms with Crippen molar-refractivity contribution in [1.82, 2.24) is 0 Å². The van der Waals surface area contributed by atoms with Crippen LogP contribution in [-0.2, 0) is 4.79 Å². The molecule has 16 heavy (non-hydrogen) atoms. The highest BCUT2D eigenvalue weighted by atomic mass is 16.1. The monoisotopic (exact) mass is 220 g/mol. The fraction of sp³-hybridized carbons (Fsp3) is 0.800. The second-order valence-electron chi connectivity index (χ2n) is 6.42. The van der Waals surface area contributed by atoms with Crippen molar-refractivity contribution in [3.05, 3.63) is 11.1 Å². The average Bonchev–Trinajstić information content (AvgIpc) is 2.26. The molecule has 0 bridgehead atoms. The molecule has 1 nitrogen and oxygen atoms in total. The van der Waals surface area contributed by atoms with Gasteiger partial charge < -0.3 is 4.79 Å². The molecule has 0 amide bonds. The Morgan fingerprint density at radius 2 is 1.81 bits per heavy atom. The van der Waals surface area contributed by atoms with Crippen LogP contribution in [0.2, 0.25) is 0 Å². The fourth-order valence-electron chi connectivity index (χ4n) is 3.73. The molecular formula is C15H24O. The van der Waals surface area contributed by atoms with Crippen LogP contribution < -0.4 is 0 Å². The highest BCUT2D eigenvalue weighted by molar-refractivity contribution is 5.63. The Bertz CT molecular complexity index is 337. The van der Waals surface area contributed by atoms with E-state index < -0.39 is 0 Å². The molecule has 2 aliphatic rings. The van der Waals surface area contributed by atoms with Crippen LogP contribution >= 0.6 is 0 Å². The summed E-state index contributed by atoms with van der Waals surface area (Å²) in [5.74, 6) is 0.483. The second kappa shape index (κ2) is 3.72. The van der Waals surface area contributed by atoms with Crippen LogP contribution in [0, 0.1) is 16.7 Å². The van der Waals surface area contributed by atoms with Crippen molar-refractivity contribution in [2.24, 2.45) is 16.7 Å². The lowest BCUT2D eigenvalue weighted by atomic mass is 9.51. The van der Waals surface area contributed by atoms with Gasteiger partial charge >= 0.3 is 0 Å². The van der Waals surface area contributed by atoms with Crippen LogP contribution in [0.5, 0.6) is 0 Å². The molecule has 2 rings (SSSR count). The first-order valence-electron chi connectivity index (χ1n) is 6.61. The second-order valence-corrected chi connectivity index (χ2v) is 6.42. The van der Waals surface area contributed by atoms with Crippen molar-refractivity contribution >= 4 is 6.29 Å². The lowest BCUT2D eigenvalue weighted by Crippen LogP contribution is -2.47. The van der Waals surface area contributed by atoms with Crippen LogP contribution in [0.3, 0.4) is 0 Å².